The number of hydrogen-bond donors (Lipinski definition) is 4. The first-order chi connectivity index (χ1) is 19.3. The number of aromatic amines is 1. The zero-order valence-corrected chi connectivity index (χ0v) is 21.8. The standard InChI is InChI=1S/C30H27N3O7/c1-39-18-12-10-17(11-13-18)33-27(35)23-24(28(33)36)30(29(37)38,14-16-15-31-21-8-4-3-6-19(16)21)32-25(23)20-7-5-9-22(40-2)26(20)34/h3-13,15,23-25,31-32,34H,14H2,1-2H3,(H,37,38). The van der Waals surface area contributed by atoms with Crippen LogP contribution in [0.2, 0.25) is 0 Å². The number of carboxylic acids is 1. The Morgan fingerprint density at radius 3 is 2.42 bits per heavy atom. The van der Waals surface area contributed by atoms with Crippen molar-refractivity contribution < 1.29 is 34.1 Å². The minimum Gasteiger partial charge on any atom is -0.504 e. The zero-order valence-electron chi connectivity index (χ0n) is 21.8. The summed E-state index contributed by atoms with van der Waals surface area (Å²) in [6.45, 7) is 0. The summed E-state index contributed by atoms with van der Waals surface area (Å²) in [6.07, 6.45) is 1.65. The summed E-state index contributed by atoms with van der Waals surface area (Å²) in [7, 11) is 2.91. The maximum Gasteiger partial charge on any atom is 0.325 e. The number of imide groups is 1. The van der Waals surface area contributed by atoms with Crippen LogP contribution in [0, 0.1) is 11.8 Å². The molecule has 2 aliphatic heterocycles. The molecule has 2 aliphatic rings. The number of nitrogens with zero attached hydrogens (tertiary/aromatic N) is 1. The average molecular weight is 542 g/mol. The van der Waals surface area contributed by atoms with Gasteiger partial charge in [-0.05, 0) is 42.0 Å². The monoisotopic (exact) mass is 541 g/mol. The molecule has 40 heavy (non-hydrogen) atoms. The molecule has 10 heteroatoms. The smallest absolute Gasteiger partial charge is 0.325 e. The SMILES string of the molecule is COc1ccc(N2C(=O)C3C(c4cccc(OC)c4O)NC(Cc4c[nH]c5ccccc45)(C(=O)O)C3C2=O)cc1. The maximum absolute atomic E-state index is 14.1. The van der Waals surface area contributed by atoms with E-state index in [1.165, 1.54) is 14.2 Å². The van der Waals surface area contributed by atoms with Crippen LogP contribution in [0.4, 0.5) is 5.69 Å². The van der Waals surface area contributed by atoms with Crippen LogP contribution in [0.3, 0.4) is 0 Å². The second kappa shape index (κ2) is 9.42. The second-order valence-corrected chi connectivity index (χ2v) is 10.0. The molecular weight excluding hydrogens is 514 g/mol. The topological polar surface area (TPSA) is 141 Å². The van der Waals surface area contributed by atoms with Gasteiger partial charge in [-0.25, -0.2) is 4.90 Å². The van der Waals surface area contributed by atoms with Gasteiger partial charge in [-0.3, -0.25) is 19.7 Å². The van der Waals surface area contributed by atoms with Crippen molar-refractivity contribution in [2.45, 2.75) is 18.0 Å². The number of rotatable bonds is 7. The highest BCUT2D eigenvalue weighted by atomic mass is 16.5. The Hall–Kier alpha value is -4.83. The largest absolute Gasteiger partial charge is 0.504 e. The van der Waals surface area contributed by atoms with Crippen molar-refractivity contribution in [1.82, 2.24) is 10.3 Å². The summed E-state index contributed by atoms with van der Waals surface area (Å²) < 4.78 is 10.5. The van der Waals surface area contributed by atoms with Crippen LogP contribution in [0.25, 0.3) is 10.9 Å². The van der Waals surface area contributed by atoms with Gasteiger partial charge in [0.2, 0.25) is 11.8 Å². The number of anilines is 1. The molecule has 3 heterocycles. The lowest BCUT2D eigenvalue weighted by atomic mass is 9.76. The van der Waals surface area contributed by atoms with Crippen molar-refractivity contribution in [1.29, 1.82) is 0 Å². The molecule has 2 amide bonds. The van der Waals surface area contributed by atoms with Crippen molar-refractivity contribution in [2.75, 3.05) is 19.1 Å². The normalized spacial score (nSPS) is 23.9. The highest BCUT2D eigenvalue weighted by Crippen LogP contribution is 2.53. The molecule has 0 saturated carbocycles. The molecule has 0 aliphatic carbocycles. The molecule has 6 rings (SSSR count). The lowest BCUT2D eigenvalue weighted by Crippen LogP contribution is -2.57. The number of carbonyl (C=O) groups excluding carboxylic acids is 2. The number of nitrogens with one attached hydrogen (secondary N) is 2. The van der Waals surface area contributed by atoms with Gasteiger partial charge in [0.05, 0.1) is 31.7 Å². The van der Waals surface area contributed by atoms with E-state index in [4.69, 9.17) is 9.47 Å². The number of ether oxygens (including phenoxy) is 2. The van der Waals surface area contributed by atoms with Crippen molar-refractivity contribution in [3.05, 3.63) is 84.1 Å². The fourth-order valence-electron chi connectivity index (χ4n) is 6.22. The third-order valence-corrected chi connectivity index (χ3v) is 8.10. The van der Waals surface area contributed by atoms with Gasteiger partial charge in [-0.2, -0.15) is 0 Å². The molecule has 4 N–H and O–H groups in total. The lowest BCUT2D eigenvalue weighted by molar-refractivity contribution is -0.148. The molecule has 0 spiro atoms. The van der Waals surface area contributed by atoms with Gasteiger partial charge in [0.25, 0.3) is 0 Å². The van der Waals surface area contributed by atoms with Crippen molar-refractivity contribution >= 4 is 34.4 Å². The fourth-order valence-corrected chi connectivity index (χ4v) is 6.22. The number of aliphatic carboxylic acids is 1. The Balaban J connectivity index is 1.52. The number of fused-ring (bicyclic) bond motifs is 2. The van der Waals surface area contributed by atoms with Crippen LogP contribution in [-0.2, 0) is 20.8 Å². The number of para-hydroxylation sites is 2. The molecule has 4 aromatic rings. The van der Waals surface area contributed by atoms with E-state index in [1.807, 2.05) is 24.3 Å². The van der Waals surface area contributed by atoms with E-state index in [2.05, 4.69) is 10.3 Å². The number of phenolic OH excluding ortho intramolecular Hbond substituents is 1. The highest BCUT2D eigenvalue weighted by Gasteiger charge is 2.69. The van der Waals surface area contributed by atoms with E-state index in [9.17, 15) is 24.6 Å². The third kappa shape index (κ3) is 3.64. The minimum atomic E-state index is -1.86. The van der Waals surface area contributed by atoms with Crippen LogP contribution >= 0.6 is 0 Å². The Kier molecular flexibility index (Phi) is 5.99. The number of aromatic hydroxyl groups is 1. The van der Waals surface area contributed by atoms with Crippen molar-refractivity contribution in [3.8, 4) is 17.2 Å². The number of carboxylic acid groups (broad SMARTS) is 1. The Bertz CT molecular complexity index is 1650. The van der Waals surface area contributed by atoms with Gasteiger partial charge >= 0.3 is 5.97 Å². The summed E-state index contributed by atoms with van der Waals surface area (Å²) in [5.74, 6) is -4.32. The predicted octanol–water partition coefficient (Wildman–Crippen LogP) is 3.41. The van der Waals surface area contributed by atoms with Crippen LogP contribution in [0.15, 0.2) is 72.9 Å². The lowest BCUT2D eigenvalue weighted by Gasteiger charge is -2.31. The minimum absolute atomic E-state index is 0.0792. The molecule has 4 atom stereocenters. The predicted molar refractivity (Wildman–Crippen MR) is 145 cm³/mol. The molecule has 10 nitrogen and oxygen atoms in total. The first-order valence-corrected chi connectivity index (χ1v) is 12.7. The molecule has 2 saturated heterocycles. The molecular formula is C30H27N3O7. The zero-order chi connectivity index (χ0) is 28.2. The number of carbonyl (C=O) groups is 3. The molecule has 3 aromatic carbocycles. The Morgan fingerprint density at radius 2 is 1.73 bits per heavy atom. The van der Waals surface area contributed by atoms with Gasteiger partial charge in [0.15, 0.2) is 11.5 Å². The van der Waals surface area contributed by atoms with E-state index in [1.54, 1.807) is 48.7 Å². The van der Waals surface area contributed by atoms with E-state index in [0.29, 0.717) is 17.0 Å². The first kappa shape index (κ1) is 25.4. The Morgan fingerprint density at radius 1 is 0.975 bits per heavy atom. The van der Waals surface area contributed by atoms with Gasteiger partial charge in [-0.15, -0.1) is 0 Å². The number of methoxy groups -OCH3 is 2. The summed E-state index contributed by atoms with van der Waals surface area (Å²) >= 11 is 0. The number of amides is 2. The maximum atomic E-state index is 14.1. The number of hydrogen-bond acceptors (Lipinski definition) is 7. The number of aromatic nitrogens is 1. The summed E-state index contributed by atoms with van der Waals surface area (Å²) in [5, 5.41) is 25.8. The summed E-state index contributed by atoms with van der Waals surface area (Å²) in [5.41, 5.74) is 0.231. The van der Waals surface area contributed by atoms with Crippen LogP contribution in [0.1, 0.15) is 17.2 Å². The quantitative estimate of drug-likeness (QED) is 0.261. The van der Waals surface area contributed by atoms with Gasteiger partial charge in [0.1, 0.15) is 11.3 Å². The fraction of sp³-hybridized carbons (Fsp3) is 0.233. The summed E-state index contributed by atoms with van der Waals surface area (Å²) in [4.78, 5) is 45.6. The number of phenols is 1. The average Bonchev–Trinajstić information content (AvgIpc) is 3.61. The van der Waals surface area contributed by atoms with E-state index < -0.39 is 41.2 Å². The van der Waals surface area contributed by atoms with Gasteiger partial charge in [-0.1, -0.05) is 30.3 Å². The highest BCUT2D eigenvalue weighted by molar-refractivity contribution is 6.24. The summed E-state index contributed by atoms with van der Waals surface area (Å²) in [6, 6.07) is 17.7. The first-order valence-electron chi connectivity index (χ1n) is 12.7. The Labute approximate surface area is 229 Å². The van der Waals surface area contributed by atoms with Crippen LogP contribution < -0.4 is 19.7 Å². The molecule has 0 radical (unpaired) electrons. The second-order valence-electron chi connectivity index (χ2n) is 10.0. The van der Waals surface area contributed by atoms with E-state index >= 15 is 0 Å². The molecule has 204 valence electrons. The van der Waals surface area contributed by atoms with Crippen molar-refractivity contribution in [2.24, 2.45) is 11.8 Å². The third-order valence-electron chi connectivity index (χ3n) is 8.10. The molecule has 1 aromatic heterocycles. The number of benzene rings is 3. The van der Waals surface area contributed by atoms with Gasteiger partial charge < -0.3 is 24.7 Å². The van der Waals surface area contributed by atoms with E-state index in [-0.39, 0.29) is 23.5 Å². The molecule has 2 fully saturated rings. The van der Waals surface area contributed by atoms with E-state index in [0.717, 1.165) is 15.8 Å². The molecule has 4 unspecified atom stereocenters. The van der Waals surface area contributed by atoms with Crippen LogP contribution in [-0.4, -0.2) is 52.7 Å². The van der Waals surface area contributed by atoms with Crippen LogP contribution in [0.5, 0.6) is 17.2 Å². The van der Waals surface area contributed by atoms with Crippen molar-refractivity contribution in [3.63, 3.8) is 0 Å². The molecule has 0 bridgehead atoms. The number of H-pyrrole nitrogens is 1. The van der Waals surface area contributed by atoms with Gasteiger partial charge in [0, 0.05) is 35.1 Å².